The lowest BCUT2D eigenvalue weighted by Crippen LogP contribution is -2.11. The fourth-order valence-electron chi connectivity index (χ4n) is 1.70. The van der Waals surface area contributed by atoms with Crippen LogP contribution in [0.25, 0.3) is 0 Å². The summed E-state index contributed by atoms with van der Waals surface area (Å²) in [4.78, 5) is 11.0. The predicted molar refractivity (Wildman–Crippen MR) is 64.1 cm³/mol. The van der Waals surface area contributed by atoms with Crippen LogP contribution < -0.4 is 5.32 Å². The smallest absolute Gasteiger partial charge is 0.340 e. The number of carboxylic acid groups (broad SMARTS) is 1. The van der Waals surface area contributed by atoms with Crippen molar-refractivity contribution in [2.24, 2.45) is 0 Å². The monoisotopic (exact) mass is 249 g/mol. The summed E-state index contributed by atoms with van der Waals surface area (Å²) in [6, 6.07) is 7.34. The Morgan fingerprint density at radius 3 is 2.78 bits per heavy atom. The SMILES string of the molecule is CC(Nc1cccc(F)c1C(=O)O)c1ccco1. The molecule has 0 aliphatic carbocycles. The van der Waals surface area contributed by atoms with Crippen LogP contribution in [0.2, 0.25) is 0 Å². The Morgan fingerprint density at radius 2 is 2.17 bits per heavy atom. The predicted octanol–water partition coefficient (Wildman–Crippen LogP) is 3.29. The number of aromatic carboxylic acids is 1. The summed E-state index contributed by atoms with van der Waals surface area (Å²) in [5.74, 6) is -1.42. The molecule has 2 N–H and O–H groups in total. The lowest BCUT2D eigenvalue weighted by Gasteiger charge is -2.15. The molecule has 18 heavy (non-hydrogen) atoms. The summed E-state index contributed by atoms with van der Waals surface area (Å²) in [6.07, 6.45) is 1.52. The molecule has 0 spiro atoms. The molecule has 2 rings (SSSR count). The van der Waals surface area contributed by atoms with Gasteiger partial charge in [-0.25, -0.2) is 9.18 Å². The van der Waals surface area contributed by atoms with Gasteiger partial charge in [0.15, 0.2) is 0 Å². The minimum absolute atomic E-state index is 0.228. The van der Waals surface area contributed by atoms with Crippen LogP contribution in [0, 0.1) is 5.82 Å². The zero-order chi connectivity index (χ0) is 13.1. The molecule has 5 heteroatoms. The third-order valence-electron chi connectivity index (χ3n) is 2.57. The number of hydrogen-bond donors (Lipinski definition) is 2. The first-order valence-electron chi connectivity index (χ1n) is 5.41. The molecule has 0 amide bonds. The van der Waals surface area contributed by atoms with Crippen molar-refractivity contribution in [1.82, 2.24) is 0 Å². The van der Waals surface area contributed by atoms with Crippen molar-refractivity contribution in [2.75, 3.05) is 5.32 Å². The topological polar surface area (TPSA) is 62.5 Å². The van der Waals surface area contributed by atoms with Crippen molar-refractivity contribution < 1.29 is 18.7 Å². The number of benzene rings is 1. The number of halogens is 1. The summed E-state index contributed by atoms with van der Waals surface area (Å²) in [5, 5.41) is 11.9. The van der Waals surface area contributed by atoms with E-state index < -0.39 is 11.8 Å². The van der Waals surface area contributed by atoms with Crippen LogP contribution in [0.5, 0.6) is 0 Å². The van der Waals surface area contributed by atoms with E-state index in [9.17, 15) is 9.18 Å². The zero-order valence-electron chi connectivity index (χ0n) is 9.68. The van der Waals surface area contributed by atoms with Gasteiger partial charge in [0.2, 0.25) is 0 Å². The molecule has 0 fully saturated rings. The lowest BCUT2D eigenvalue weighted by atomic mass is 10.1. The number of hydrogen-bond acceptors (Lipinski definition) is 3. The maximum Gasteiger partial charge on any atom is 0.340 e. The molecule has 0 aliphatic rings. The van der Waals surface area contributed by atoms with Gasteiger partial charge in [0, 0.05) is 0 Å². The minimum atomic E-state index is -1.30. The van der Waals surface area contributed by atoms with E-state index in [4.69, 9.17) is 9.52 Å². The standard InChI is InChI=1S/C13H12FNO3/c1-8(11-6-3-7-18-11)15-10-5-2-4-9(14)12(10)13(16)17/h2-8,15H,1H3,(H,16,17). The number of carboxylic acids is 1. The fourth-order valence-corrected chi connectivity index (χ4v) is 1.70. The van der Waals surface area contributed by atoms with Gasteiger partial charge in [-0.2, -0.15) is 0 Å². The molecule has 2 aromatic rings. The van der Waals surface area contributed by atoms with Crippen molar-refractivity contribution in [1.29, 1.82) is 0 Å². The summed E-state index contributed by atoms with van der Waals surface area (Å²) >= 11 is 0. The first-order valence-corrected chi connectivity index (χ1v) is 5.41. The van der Waals surface area contributed by atoms with Crippen LogP contribution in [-0.4, -0.2) is 11.1 Å². The number of anilines is 1. The average molecular weight is 249 g/mol. The van der Waals surface area contributed by atoms with Gasteiger partial charge in [-0.3, -0.25) is 0 Å². The molecule has 1 aromatic carbocycles. The Hall–Kier alpha value is -2.30. The van der Waals surface area contributed by atoms with Gasteiger partial charge in [0.05, 0.1) is 18.0 Å². The van der Waals surface area contributed by atoms with Gasteiger partial charge in [-0.1, -0.05) is 6.07 Å². The maximum absolute atomic E-state index is 13.4. The second kappa shape index (κ2) is 4.91. The highest BCUT2D eigenvalue weighted by Gasteiger charge is 2.18. The zero-order valence-corrected chi connectivity index (χ0v) is 9.68. The average Bonchev–Trinajstić information content (AvgIpc) is 2.81. The Balaban J connectivity index is 2.29. The highest BCUT2D eigenvalue weighted by molar-refractivity contribution is 5.94. The molecular weight excluding hydrogens is 237 g/mol. The van der Waals surface area contributed by atoms with Crippen LogP contribution in [-0.2, 0) is 0 Å². The molecule has 4 nitrogen and oxygen atoms in total. The first-order chi connectivity index (χ1) is 8.59. The Kier molecular flexibility index (Phi) is 3.32. The van der Waals surface area contributed by atoms with Gasteiger partial charge in [0.1, 0.15) is 17.1 Å². The summed E-state index contributed by atoms with van der Waals surface area (Å²) in [5.41, 5.74) is -0.137. The van der Waals surface area contributed by atoms with Crippen LogP contribution in [0.4, 0.5) is 10.1 Å². The molecule has 0 saturated carbocycles. The molecule has 1 atom stereocenters. The van der Waals surface area contributed by atoms with E-state index >= 15 is 0 Å². The lowest BCUT2D eigenvalue weighted by molar-refractivity contribution is 0.0693. The molecule has 0 saturated heterocycles. The second-order valence-corrected chi connectivity index (χ2v) is 3.85. The summed E-state index contributed by atoms with van der Waals surface area (Å²) in [7, 11) is 0. The van der Waals surface area contributed by atoms with Gasteiger partial charge in [-0.05, 0) is 31.2 Å². The van der Waals surface area contributed by atoms with Crippen LogP contribution in [0.1, 0.15) is 29.1 Å². The van der Waals surface area contributed by atoms with Gasteiger partial charge in [-0.15, -0.1) is 0 Å². The summed E-state index contributed by atoms with van der Waals surface area (Å²) < 4.78 is 18.6. The molecular formula is C13H12FNO3. The van der Waals surface area contributed by atoms with Crippen LogP contribution in [0.15, 0.2) is 41.0 Å². The highest BCUT2D eigenvalue weighted by atomic mass is 19.1. The van der Waals surface area contributed by atoms with Crippen LogP contribution >= 0.6 is 0 Å². The second-order valence-electron chi connectivity index (χ2n) is 3.85. The molecule has 1 aromatic heterocycles. The van der Waals surface area contributed by atoms with E-state index in [1.54, 1.807) is 19.1 Å². The van der Waals surface area contributed by atoms with Crippen LogP contribution in [0.3, 0.4) is 0 Å². The fraction of sp³-hybridized carbons (Fsp3) is 0.154. The Morgan fingerprint density at radius 1 is 1.39 bits per heavy atom. The van der Waals surface area contributed by atoms with E-state index in [2.05, 4.69) is 5.32 Å². The Bertz CT molecular complexity index is 551. The van der Waals surface area contributed by atoms with E-state index in [0.29, 0.717) is 5.76 Å². The number of rotatable bonds is 4. The number of furan rings is 1. The minimum Gasteiger partial charge on any atom is -0.478 e. The maximum atomic E-state index is 13.4. The van der Waals surface area contributed by atoms with Gasteiger partial charge in [0.25, 0.3) is 0 Å². The van der Waals surface area contributed by atoms with Crippen molar-refractivity contribution in [3.8, 4) is 0 Å². The normalized spacial score (nSPS) is 12.1. The van der Waals surface area contributed by atoms with Crippen molar-refractivity contribution in [3.05, 3.63) is 53.7 Å². The quantitative estimate of drug-likeness (QED) is 0.872. The van der Waals surface area contributed by atoms with E-state index in [-0.39, 0.29) is 17.3 Å². The molecule has 94 valence electrons. The number of carbonyl (C=O) groups is 1. The first kappa shape index (κ1) is 12.2. The van der Waals surface area contributed by atoms with Gasteiger partial charge >= 0.3 is 5.97 Å². The molecule has 0 aliphatic heterocycles. The number of nitrogens with one attached hydrogen (secondary N) is 1. The third-order valence-corrected chi connectivity index (χ3v) is 2.57. The van der Waals surface area contributed by atoms with Crippen molar-refractivity contribution in [3.63, 3.8) is 0 Å². The van der Waals surface area contributed by atoms with E-state index in [1.807, 2.05) is 0 Å². The van der Waals surface area contributed by atoms with Crippen molar-refractivity contribution >= 4 is 11.7 Å². The highest BCUT2D eigenvalue weighted by Crippen LogP contribution is 2.24. The largest absolute Gasteiger partial charge is 0.478 e. The Labute approximate surface area is 103 Å². The van der Waals surface area contributed by atoms with E-state index in [1.165, 1.54) is 18.4 Å². The van der Waals surface area contributed by atoms with Crippen molar-refractivity contribution in [2.45, 2.75) is 13.0 Å². The molecule has 0 bridgehead atoms. The third kappa shape index (κ3) is 2.34. The molecule has 1 unspecified atom stereocenters. The van der Waals surface area contributed by atoms with E-state index in [0.717, 1.165) is 6.07 Å². The van der Waals surface area contributed by atoms with Gasteiger partial charge < -0.3 is 14.8 Å². The molecule has 0 radical (unpaired) electrons. The summed E-state index contributed by atoms with van der Waals surface area (Å²) in [6.45, 7) is 1.80. The molecule has 1 heterocycles.